The van der Waals surface area contributed by atoms with Crippen molar-refractivity contribution in [3.63, 3.8) is 0 Å². The molecular formula is C27H29N3O5S. The van der Waals surface area contributed by atoms with Gasteiger partial charge in [0.05, 0.1) is 23.0 Å². The van der Waals surface area contributed by atoms with Gasteiger partial charge in [0, 0.05) is 6.04 Å². The molecule has 1 fully saturated rings. The highest BCUT2D eigenvalue weighted by Gasteiger charge is 2.25. The number of nitrogens with one attached hydrogen (secondary N) is 2. The molecule has 0 heterocycles. The number of carboxylic acids is 1. The van der Waals surface area contributed by atoms with E-state index in [9.17, 15) is 23.1 Å². The summed E-state index contributed by atoms with van der Waals surface area (Å²) in [6.45, 7) is 0. The second-order valence-electron chi connectivity index (χ2n) is 8.88. The van der Waals surface area contributed by atoms with Crippen molar-refractivity contribution < 1.29 is 23.1 Å². The molecule has 0 aliphatic heterocycles. The van der Waals surface area contributed by atoms with Crippen LogP contribution >= 0.6 is 0 Å². The number of rotatable bonds is 13. The number of amides is 1. The van der Waals surface area contributed by atoms with E-state index in [2.05, 4.69) is 10.1 Å². The lowest BCUT2D eigenvalue weighted by molar-refractivity contribution is -0.137. The van der Waals surface area contributed by atoms with Crippen LogP contribution in [0.15, 0.2) is 83.8 Å². The van der Waals surface area contributed by atoms with Gasteiger partial charge in [-0.15, -0.1) is 0 Å². The molecule has 1 aliphatic carbocycles. The molecule has 0 spiro atoms. The minimum absolute atomic E-state index is 0.0841. The summed E-state index contributed by atoms with van der Waals surface area (Å²) in [6.07, 6.45) is 3.77. The Morgan fingerprint density at radius 3 is 2.28 bits per heavy atom. The number of anilines is 1. The van der Waals surface area contributed by atoms with Crippen LogP contribution in [-0.2, 0) is 32.5 Å². The summed E-state index contributed by atoms with van der Waals surface area (Å²) >= 11 is 0. The van der Waals surface area contributed by atoms with E-state index in [1.807, 2.05) is 30.3 Å². The Morgan fingerprint density at radius 2 is 1.64 bits per heavy atom. The third-order valence-corrected chi connectivity index (χ3v) is 7.45. The molecule has 0 radical (unpaired) electrons. The molecule has 36 heavy (non-hydrogen) atoms. The molecule has 0 aromatic heterocycles. The Bertz CT molecular complexity index is 1310. The first-order valence-electron chi connectivity index (χ1n) is 11.8. The van der Waals surface area contributed by atoms with E-state index in [0.717, 1.165) is 36.1 Å². The summed E-state index contributed by atoms with van der Waals surface area (Å²) in [7, 11) is -3.95. The van der Waals surface area contributed by atoms with Gasteiger partial charge in [0.25, 0.3) is 0 Å². The smallest absolute Gasteiger partial charge is 0.305 e. The van der Waals surface area contributed by atoms with E-state index in [-0.39, 0.29) is 11.3 Å². The Morgan fingerprint density at radius 1 is 0.972 bits per heavy atom. The topological polar surface area (TPSA) is 116 Å². The Balaban J connectivity index is 1.45. The van der Waals surface area contributed by atoms with Crippen LogP contribution in [0.5, 0.6) is 0 Å². The zero-order chi connectivity index (χ0) is 25.5. The van der Waals surface area contributed by atoms with Gasteiger partial charge in [-0.2, -0.15) is 0 Å². The zero-order valence-corrected chi connectivity index (χ0v) is 20.5. The van der Waals surface area contributed by atoms with E-state index in [1.54, 1.807) is 42.5 Å². The number of aliphatic carboxylic acids is 1. The predicted molar refractivity (Wildman–Crippen MR) is 137 cm³/mol. The molecule has 1 saturated carbocycles. The number of aryl methyl sites for hydroxylation is 2. The second kappa shape index (κ2) is 11.5. The summed E-state index contributed by atoms with van der Waals surface area (Å²) in [6, 6.07) is 22.5. The van der Waals surface area contributed by atoms with Gasteiger partial charge >= 0.3 is 5.97 Å². The highest BCUT2D eigenvalue weighted by atomic mass is 32.2. The van der Waals surface area contributed by atoms with Crippen molar-refractivity contribution in [2.45, 2.75) is 49.1 Å². The summed E-state index contributed by atoms with van der Waals surface area (Å²) in [5.74, 6) is -1.09. The first-order valence-corrected chi connectivity index (χ1v) is 13.3. The lowest BCUT2D eigenvalue weighted by Crippen LogP contribution is -2.38. The molecule has 8 nitrogen and oxygen atoms in total. The molecular weight excluding hydrogens is 478 g/mol. The fraction of sp³-hybridized carbons (Fsp3) is 0.259. The summed E-state index contributed by atoms with van der Waals surface area (Å²) in [4.78, 5) is 22.9. The van der Waals surface area contributed by atoms with Gasteiger partial charge in [0.1, 0.15) is 0 Å². The fourth-order valence-electron chi connectivity index (χ4n) is 3.94. The largest absolute Gasteiger partial charge is 0.481 e. The standard InChI is InChI=1S/C27H29N3O5S/c31-19-30(28-23-14-15-23)24-10-4-6-20(16-24)12-13-21-7-5-11-25(17-21)36(34,35)29-26(18-27(32)33)22-8-2-1-3-9-22/h1-11,16-17,19,23,26,28-29H,12-15,18H2,(H,32,33)/t26-/m1/s1. The van der Waals surface area contributed by atoms with Gasteiger partial charge in [0.15, 0.2) is 0 Å². The van der Waals surface area contributed by atoms with Crippen molar-refractivity contribution in [1.82, 2.24) is 10.1 Å². The van der Waals surface area contributed by atoms with E-state index in [4.69, 9.17) is 0 Å². The number of hydrogen-bond donors (Lipinski definition) is 3. The molecule has 1 atom stereocenters. The number of carboxylic acid groups (broad SMARTS) is 1. The maximum atomic E-state index is 13.1. The van der Waals surface area contributed by atoms with Crippen molar-refractivity contribution in [3.05, 3.63) is 95.6 Å². The summed E-state index contributed by atoms with van der Waals surface area (Å²) < 4.78 is 28.8. The average Bonchev–Trinajstić information content (AvgIpc) is 3.70. The number of nitrogens with zero attached hydrogens (tertiary/aromatic N) is 1. The first-order chi connectivity index (χ1) is 17.3. The number of hydrazine groups is 1. The zero-order valence-electron chi connectivity index (χ0n) is 19.7. The lowest BCUT2D eigenvalue weighted by atomic mass is 10.0. The Labute approximate surface area is 211 Å². The fourth-order valence-corrected chi connectivity index (χ4v) is 5.23. The monoisotopic (exact) mass is 507 g/mol. The Hall–Kier alpha value is -3.53. The van der Waals surface area contributed by atoms with Gasteiger partial charge in [-0.25, -0.2) is 23.6 Å². The van der Waals surface area contributed by atoms with Crippen LogP contribution in [0.4, 0.5) is 5.69 Å². The van der Waals surface area contributed by atoms with Gasteiger partial charge in [-0.3, -0.25) is 9.59 Å². The SMILES string of the molecule is O=CN(NC1CC1)c1cccc(CCc2cccc(S(=O)(=O)N[C@H](CC(=O)O)c3ccccc3)c2)c1. The van der Waals surface area contributed by atoms with E-state index < -0.39 is 22.0 Å². The maximum Gasteiger partial charge on any atom is 0.305 e. The van der Waals surface area contributed by atoms with E-state index >= 15 is 0 Å². The molecule has 188 valence electrons. The van der Waals surface area contributed by atoms with Gasteiger partial charge < -0.3 is 5.11 Å². The van der Waals surface area contributed by atoms with Gasteiger partial charge in [-0.05, 0) is 66.6 Å². The van der Waals surface area contributed by atoms with Gasteiger partial charge in [-0.1, -0.05) is 54.6 Å². The number of sulfonamides is 1. The summed E-state index contributed by atoms with van der Waals surface area (Å²) in [5, 5.41) is 10.8. The number of carbonyl (C=O) groups is 2. The van der Waals surface area contributed by atoms with Crippen molar-refractivity contribution in [1.29, 1.82) is 0 Å². The molecule has 0 saturated heterocycles. The molecule has 4 rings (SSSR count). The minimum Gasteiger partial charge on any atom is -0.481 e. The minimum atomic E-state index is -3.95. The third-order valence-electron chi connectivity index (χ3n) is 5.98. The predicted octanol–water partition coefficient (Wildman–Crippen LogP) is 3.60. The lowest BCUT2D eigenvalue weighted by Gasteiger charge is -2.19. The number of hydrogen-bond acceptors (Lipinski definition) is 5. The van der Waals surface area contributed by atoms with Crippen LogP contribution in [0.1, 0.15) is 42.0 Å². The normalized spacial score (nSPS) is 14.2. The van der Waals surface area contributed by atoms with Gasteiger partial charge in [0.2, 0.25) is 16.4 Å². The van der Waals surface area contributed by atoms with Crippen molar-refractivity contribution >= 4 is 28.1 Å². The molecule has 1 aliphatic rings. The van der Waals surface area contributed by atoms with Crippen molar-refractivity contribution in [3.8, 4) is 0 Å². The van der Waals surface area contributed by atoms with Crippen LogP contribution in [0.2, 0.25) is 0 Å². The first kappa shape index (κ1) is 25.6. The molecule has 9 heteroatoms. The summed E-state index contributed by atoms with van der Waals surface area (Å²) in [5.41, 5.74) is 6.38. The molecule has 3 aromatic rings. The second-order valence-corrected chi connectivity index (χ2v) is 10.6. The number of carbonyl (C=O) groups excluding carboxylic acids is 1. The third kappa shape index (κ3) is 7.00. The molecule has 3 N–H and O–H groups in total. The maximum absolute atomic E-state index is 13.1. The van der Waals surface area contributed by atoms with Crippen LogP contribution in [0, 0.1) is 0 Å². The molecule has 3 aromatic carbocycles. The highest BCUT2D eigenvalue weighted by Crippen LogP contribution is 2.23. The van der Waals surface area contributed by atoms with Crippen LogP contribution in [0.3, 0.4) is 0 Å². The molecule has 0 bridgehead atoms. The van der Waals surface area contributed by atoms with Crippen molar-refractivity contribution in [2.24, 2.45) is 0 Å². The van der Waals surface area contributed by atoms with Crippen LogP contribution < -0.4 is 15.2 Å². The molecule has 0 unspecified atom stereocenters. The van der Waals surface area contributed by atoms with E-state index in [0.29, 0.717) is 24.4 Å². The highest BCUT2D eigenvalue weighted by molar-refractivity contribution is 7.89. The van der Waals surface area contributed by atoms with Crippen LogP contribution in [0.25, 0.3) is 0 Å². The number of benzene rings is 3. The van der Waals surface area contributed by atoms with E-state index in [1.165, 1.54) is 11.1 Å². The van der Waals surface area contributed by atoms with Crippen LogP contribution in [-0.4, -0.2) is 31.9 Å². The quantitative estimate of drug-likeness (QED) is 0.241. The van der Waals surface area contributed by atoms with Crippen molar-refractivity contribution in [2.75, 3.05) is 5.01 Å². The average molecular weight is 508 g/mol. The Kier molecular flexibility index (Phi) is 8.14. The molecule has 1 amide bonds.